The monoisotopic (exact) mass is 271 g/mol. The maximum absolute atomic E-state index is 13.2. The van der Waals surface area contributed by atoms with Gasteiger partial charge in [0.2, 0.25) is 5.88 Å². The number of carboxylic acids is 1. The summed E-state index contributed by atoms with van der Waals surface area (Å²) >= 11 is 0. The van der Waals surface area contributed by atoms with Gasteiger partial charge in [-0.15, -0.1) is 13.2 Å². The Balaban J connectivity index is 3.17. The first-order valence-electron chi connectivity index (χ1n) is 4.44. The van der Waals surface area contributed by atoms with Gasteiger partial charge in [0.15, 0.2) is 0 Å². The second-order valence-electron chi connectivity index (χ2n) is 3.12. The number of halogens is 5. The average Bonchev–Trinajstić information content (AvgIpc) is 2.13. The summed E-state index contributed by atoms with van der Waals surface area (Å²) in [6, 6.07) is 0.244. The highest BCUT2D eigenvalue weighted by molar-refractivity contribution is 5.70. The SMILES string of the molecule is O=C(O)Cc1nc(OC(F)(F)F)cc(F)c1CF. The number of ether oxygens (including phenoxy) is 1. The molecule has 0 spiro atoms. The summed E-state index contributed by atoms with van der Waals surface area (Å²) in [5.74, 6) is -4.00. The van der Waals surface area contributed by atoms with E-state index in [1.54, 1.807) is 0 Å². The highest BCUT2D eigenvalue weighted by Crippen LogP contribution is 2.25. The van der Waals surface area contributed by atoms with Crippen molar-refractivity contribution in [2.24, 2.45) is 0 Å². The lowest BCUT2D eigenvalue weighted by atomic mass is 10.1. The van der Waals surface area contributed by atoms with Crippen molar-refractivity contribution in [3.05, 3.63) is 23.1 Å². The Bertz CT molecular complexity index is 460. The van der Waals surface area contributed by atoms with Crippen molar-refractivity contribution in [1.82, 2.24) is 4.98 Å². The van der Waals surface area contributed by atoms with Crippen LogP contribution in [0, 0.1) is 5.82 Å². The van der Waals surface area contributed by atoms with Crippen LogP contribution < -0.4 is 4.74 Å². The molecule has 0 radical (unpaired) electrons. The third-order valence-electron chi connectivity index (χ3n) is 1.80. The first-order valence-corrected chi connectivity index (χ1v) is 4.44. The van der Waals surface area contributed by atoms with Gasteiger partial charge in [0.25, 0.3) is 0 Å². The molecular weight excluding hydrogens is 265 g/mol. The number of carbonyl (C=O) groups is 1. The second-order valence-corrected chi connectivity index (χ2v) is 3.12. The Kier molecular flexibility index (Phi) is 4.04. The van der Waals surface area contributed by atoms with Crippen LogP contribution >= 0.6 is 0 Å². The molecule has 0 amide bonds. The van der Waals surface area contributed by atoms with Crippen LogP contribution in [0.1, 0.15) is 11.3 Å². The molecule has 0 saturated carbocycles. The van der Waals surface area contributed by atoms with Crippen molar-refractivity contribution in [3.63, 3.8) is 0 Å². The molecule has 1 aromatic rings. The number of pyridine rings is 1. The van der Waals surface area contributed by atoms with Crippen molar-refractivity contribution in [3.8, 4) is 5.88 Å². The van der Waals surface area contributed by atoms with Crippen LogP contribution in [-0.4, -0.2) is 22.4 Å². The number of rotatable bonds is 4. The van der Waals surface area contributed by atoms with Gasteiger partial charge in [-0.3, -0.25) is 4.79 Å². The fourth-order valence-corrected chi connectivity index (χ4v) is 1.17. The Morgan fingerprint density at radius 2 is 2.06 bits per heavy atom. The molecule has 0 unspecified atom stereocenters. The van der Waals surface area contributed by atoms with Crippen LogP contribution in [0.2, 0.25) is 0 Å². The molecule has 18 heavy (non-hydrogen) atoms. The van der Waals surface area contributed by atoms with Gasteiger partial charge in [0.05, 0.1) is 12.1 Å². The summed E-state index contributed by atoms with van der Waals surface area (Å²) in [6.07, 6.45) is -6.01. The number of hydrogen-bond acceptors (Lipinski definition) is 3. The zero-order valence-corrected chi connectivity index (χ0v) is 8.59. The van der Waals surface area contributed by atoms with E-state index in [2.05, 4.69) is 9.72 Å². The summed E-state index contributed by atoms with van der Waals surface area (Å²) in [7, 11) is 0. The van der Waals surface area contributed by atoms with Gasteiger partial charge >= 0.3 is 12.3 Å². The molecule has 0 atom stereocenters. The van der Waals surface area contributed by atoms with E-state index in [1.165, 1.54) is 0 Å². The Morgan fingerprint density at radius 3 is 2.50 bits per heavy atom. The van der Waals surface area contributed by atoms with Crippen molar-refractivity contribution >= 4 is 5.97 Å². The summed E-state index contributed by atoms with van der Waals surface area (Å²) < 4.78 is 64.6. The van der Waals surface area contributed by atoms with Crippen molar-refractivity contribution in [1.29, 1.82) is 0 Å². The maximum Gasteiger partial charge on any atom is 0.574 e. The number of carboxylic acid groups (broad SMARTS) is 1. The summed E-state index contributed by atoms with van der Waals surface area (Å²) in [6.45, 7) is -1.38. The van der Waals surface area contributed by atoms with E-state index < -0.39 is 48.4 Å². The fraction of sp³-hybridized carbons (Fsp3) is 0.333. The number of aliphatic carboxylic acids is 1. The molecule has 0 aromatic carbocycles. The van der Waals surface area contributed by atoms with Crippen LogP contribution in [-0.2, 0) is 17.9 Å². The topological polar surface area (TPSA) is 59.4 Å². The van der Waals surface area contributed by atoms with E-state index in [1.807, 2.05) is 0 Å². The van der Waals surface area contributed by atoms with Crippen LogP contribution in [0.4, 0.5) is 22.0 Å². The molecule has 0 aliphatic heterocycles. The van der Waals surface area contributed by atoms with Crippen LogP contribution in [0.5, 0.6) is 5.88 Å². The third-order valence-corrected chi connectivity index (χ3v) is 1.80. The van der Waals surface area contributed by atoms with Gasteiger partial charge in [-0.2, -0.15) is 0 Å². The Morgan fingerprint density at radius 1 is 1.44 bits per heavy atom. The first kappa shape index (κ1) is 14.1. The van der Waals surface area contributed by atoms with Gasteiger partial charge in [0.1, 0.15) is 12.5 Å². The number of alkyl halides is 4. The first-order chi connectivity index (χ1) is 8.23. The molecule has 1 aromatic heterocycles. The second kappa shape index (κ2) is 5.15. The quantitative estimate of drug-likeness (QED) is 0.853. The van der Waals surface area contributed by atoms with Crippen LogP contribution in [0.25, 0.3) is 0 Å². The summed E-state index contributed by atoms with van der Waals surface area (Å²) in [5, 5.41) is 8.45. The zero-order chi connectivity index (χ0) is 13.9. The summed E-state index contributed by atoms with van der Waals surface area (Å²) in [5.41, 5.74) is -1.35. The molecule has 0 saturated heterocycles. The fourth-order valence-electron chi connectivity index (χ4n) is 1.17. The third kappa shape index (κ3) is 3.82. The van der Waals surface area contributed by atoms with Crippen LogP contribution in [0.15, 0.2) is 6.07 Å². The number of aromatic nitrogens is 1. The van der Waals surface area contributed by atoms with Crippen molar-refractivity contribution < 1.29 is 36.6 Å². The lowest BCUT2D eigenvalue weighted by molar-refractivity contribution is -0.276. The summed E-state index contributed by atoms with van der Waals surface area (Å²) in [4.78, 5) is 13.5. The van der Waals surface area contributed by atoms with Gasteiger partial charge in [0, 0.05) is 11.6 Å². The normalized spacial score (nSPS) is 11.4. The van der Waals surface area contributed by atoms with Gasteiger partial charge < -0.3 is 9.84 Å². The average molecular weight is 271 g/mol. The largest absolute Gasteiger partial charge is 0.574 e. The van der Waals surface area contributed by atoms with E-state index in [4.69, 9.17) is 5.11 Å². The van der Waals surface area contributed by atoms with Crippen molar-refractivity contribution in [2.45, 2.75) is 19.5 Å². The highest BCUT2D eigenvalue weighted by Gasteiger charge is 2.32. The molecular formula is C9H6F5NO3. The number of hydrogen-bond donors (Lipinski definition) is 1. The molecule has 100 valence electrons. The predicted molar refractivity (Wildman–Crippen MR) is 47.0 cm³/mol. The van der Waals surface area contributed by atoms with E-state index in [0.717, 1.165) is 0 Å². The zero-order valence-electron chi connectivity index (χ0n) is 8.59. The standard InChI is InChI=1S/C9H6F5NO3/c10-3-4-5(11)1-7(18-9(12,13)14)15-6(4)2-8(16)17/h1H,2-3H2,(H,16,17). The minimum absolute atomic E-state index is 0.244. The van der Waals surface area contributed by atoms with E-state index >= 15 is 0 Å². The van der Waals surface area contributed by atoms with Gasteiger partial charge in [-0.25, -0.2) is 13.8 Å². The molecule has 0 fully saturated rings. The van der Waals surface area contributed by atoms with Crippen LogP contribution in [0.3, 0.4) is 0 Å². The van der Waals surface area contributed by atoms with Gasteiger partial charge in [-0.1, -0.05) is 0 Å². The lowest BCUT2D eigenvalue weighted by Gasteiger charge is -2.11. The molecule has 1 N–H and O–H groups in total. The molecule has 4 nitrogen and oxygen atoms in total. The molecule has 9 heteroatoms. The highest BCUT2D eigenvalue weighted by atomic mass is 19.4. The Hall–Kier alpha value is -1.93. The minimum atomic E-state index is -5.10. The molecule has 0 bridgehead atoms. The minimum Gasteiger partial charge on any atom is -0.481 e. The smallest absolute Gasteiger partial charge is 0.481 e. The van der Waals surface area contributed by atoms with E-state index in [0.29, 0.717) is 0 Å². The number of nitrogens with zero attached hydrogens (tertiary/aromatic N) is 1. The van der Waals surface area contributed by atoms with Gasteiger partial charge in [-0.05, 0) is 0 Å². The molecule has 0 aliphatic carbocycles. The Labute approximate surface area is 97.0 Å². The molecule has 1 heterocycles. The van der Waals surface area contributed by atoms with E-state index in [9.17, 15) is 26.7 Å². The molecule has 0 aliphatic rings. The maximum atomic E-state index is 13.2. The lowest BCUT2D eigenvalue weighted by Crippen LogP contribution is -2.19. The van der Waals surface area contributed by atoms with E-state index in [-0.39, 0.29) is 6.07 Å². The molecule has 1 rings (SSSR count). The van der Waals surface area contributed by atoms with Crippen molar-refractivity contribution in [2.75, 3.05) is 0 Å². The predicted octanol–water partition coefficient (Wildman–Crippen LogP) is 2.22.